The summed E-state index contributed by atoms with van der Waals surface area (Å²) < 4.78 is 0. The molecule has 3 atom stereocenters. The molecule has 0 amide bonds. The van der Waals surface area contributed by atoms with Crippen LogP contribution in [0.25, 0.3) is 0 Å². The van der Waals surface area contributed by atoms with Gasteiger partial charge in [0.25, 0.3) is 0 Å². The number of rotatable bonds is 1. The second-order valence-electron chi connectivity index (χ2n) is 5.14. The van der Waals surface area contributed by atoms with E-state index in [2.05, 4.69) is 4.90 Å². The van der Waals surface area contributed by atoms with Crippen LogP contribution in [-0.4, -0.2) is 45.9 Å². The van der Waals surface area contributed by atoms with Gasteiger partial charge in [0.2, 0.25) is 0 Å². The Kier molecular flexibility index (Phi) is 2.82. The molecule has 2 fully saturated rings. The maximum Gasteiger partial charge on any atom is 0.0758 e. The van der Waals surface area contributed by atoms with Crippen LogP contribution in [0.1, 0.15) is 39.0 Å². The minimum absolute atomic E-state index is 0.169. The molecule has 0 radical (unpaired) electrons. The maximum absolute atomic E-state index is 9.88. The van der Waals surface area contributed by atoms with Gasteiger partial charge in [-0.15, -0.1) is 0 Å². The van der Waals surface area contributed by atoms with E-state index in [1.165, 1.54) is 6.42 Å². The molecule has 3 heteroatoms. The molecule has 0 aromatic rings. The summed E-state index contributed by atoms with van der Waals surface area (Å²) in [5.74, 6) is 0. The third-order valence-corrected chi connectivity index (χ3v) is 3.64. The van der Waals surface area contributed by atoms with Crippen molar-refractivity contribution in [3.8, 4) is 0 Å². The molecule has 2 N–H and O–H groups in total. The summed E-state index contributed by atoms with van der Waals surface area (Å²) in [6.45, 7) is 3.56. The lowest BCUT2D eigenvalue weighted by atomic mass is 9.91. The lowest BCUT2D eigenvalue weighted by Gasteiger charge is -2.35. The molecular weight excluding hydrogens is 178 g/mol. The number of likely N-dealkylation sites (tertiary alicyclic amines) is 1. The van der Waals surface area contributed by atoms with E-state index in [4.69, 9.17) is 0 Å². The van der Waals surface area contributed by atoms with E-state index in [-0.39, 0.29) is 6.10 Å². The SMILES string of the molecule is CC1(O)CCN([C@@H]2CCCC[C@H]2O)C1. The summed E-state index contributed by atoms with van der Waals surface area (Å²) in [7, 11) is 0. The van der Waals surface area contributed by atoms with Gasteiger partial charge in [0, 0.05) is 19.1 Å². The number of aliphatic hydroxyl groups excluding tert-OH is 1. The first-order chi connectivity index (χ1) is 6.58. The van der Waals surface area contributed by atoms with Gasteiger partial charge in [0.15, 0.2) is 0 Å². The van der Waals surface area contributed by atoms with Crippen LogP contribution in [0.3, 0.4) is 0 Å². The van der Waals surface area contributed by atoms with Crippen molar-refractivity contribution in [3.63, 3.8) is 0 Å². The maximum atomic E-state index is 9.88. The van der Waals surface area contributed by atoms with Crippen LogP contribution in [0.15, 0.2) is 0 Å². The van der Waals surface area contributed by atoms with Crippen LogP contribution < -0.4 is 0 Å². The first-order valence-electron chi connectivity index (χ1n) is 5.73. The molecule has 0 aromatic heterocycles. The minimum atomic E-state index is -0.531. The lowest BCUT2D eigenvalue weighted by Crippen LogP contribution is -2.45. The van der Waals surface area contributed by atoms with E-state index >= 15 is 0 Å². The summed E-state index contributed by atoms with van der Waals surface area (Å²) in [4.78, 5) is 2.27. The van der Waals surface area contributed by atoms with Crippen LogP contribution in [0, 0.1) is 0 Å². The standard InChI is InChI=1S/C11H21NO2/c1-11(14)6-7-12(8-11)9-4-2-3-5-10(9)13/h9-10,13-14H,2-8H2,1H3/t9-,10-,11?/m1/s1. The van der Waals surface area contributed by atoms with Crippen molar-refractivity contribution in [3.05, 3.63) is 0 Å². The van der Waals surface area contributed by atoms with E-state index in [0.717, 1.165) is 38.8 Å². The Morgan fingerprint density at radius 3 is 2.57 bits per heavy atom. The molecule has 1 saturated carbocycles. The molecule has 2 rings (SSSR count). The Bertz CT molecular complexity index is 205. The van der Waals surface area contributed by atoms with Crippen LogP contribution in [0.2, 0.25) is 0 Å². The van der Waals surface area contributed by atoms with E-state index in [0.29, 0.717) is 6.04 Å². The van der Waals surface area contributed by atoms with Crippen molar-refractivity contribution in [1.29, 1.82) is 0 Å². The van der Waals surface area contributed by atoms with Crippen molar-refractivity contribution < 1.29 is 10.2 Å². The number of β-amino-alcohol motifs (C(OH)–C–C–N with tert-alkyl or cyclic N) is 1. The molecule has 0 bridgehead atoms. The zero-order chi connectivity index (χ0) is 10.2. The Morgan fingerprint density at radius 2 is 2.00 bits per heavy atom. The third kappa shape index (κ3) is 2.10. The van der Waals surface area contributed by atoms with Gasteiger partial charge in [-0.05, 0) is 26.2 Å². The second kappa shape index (κ2) is 3.80. The Balaban J connectivity index is 1.95. The van der Waals surface area contributed by atoms with Gasteiger partial charge in [-0.2, -0.15) is 0 Å². The van der Waals surface area contributed by atoms with Gasteiger partial charge in [0.05, 0.1) is 11.7 Å². The first kappa shape index (κ1) is 10.4. The van der Waals surface area contributed by atoms with Crippen molar-refractivity contribution in [2.75, 3.05) is 13.1 Å². The van der Waals surface area contributed by atoms with Crippen LogP contribution in [0.4, 0.5) is 0 Å². The highest BCUT2D eigenvalue weighted by molar-refractivity contribution is 4.92. The molecule has 1 heterocycles. The monoisotopic (exact) mass is 199 g/mol. The average Bonchev–Trinajstić information content (AvgIpc) is 2.47. The molecule has 1 aliphatic carbocycles. The second-order valence-corrected chi connectivity index (χ2v) is 5.14. The fourth-order valence-corrected chi connectivity index (χ4v) is 2.78. The van der Waals surface area contributed by atoms with Gasteiger partial charge in [-0.25, -0.2) is 0 Å². The van der Waals surface area contributed by atoms with Crippen LogP contribution >= 0.6 is 0 Å². The van der Waals surface area contributed by atoms with Crippen molar-refractivity contribution in [2.45, 2.75) is 56.8 Å². The minimum Gasteiger partial charge on any atom is -0.391 e. The summed E-state index contributed by atoms with van der Waals surface area (Å²) in [6.07, 6.45) is 5.08. The highest BCUT2D eigenvalue weighted by atomic mass is 16.3. The number of hydrogen-bond donors (Lipinski definition) is 2. The van der Waals surface area contributed by atoms with E-state index in [1.807, 2.05) is 6.92 Å². The van der Waals surface area contributed by atoms with Gasteiger partial charge >= 0.3 is 0 Å². The third-order valence-electron chi connectivity index (χ3n) is 3.64. The Morgan fingerprint density at radius 1 is 1.29 bits per heavy atom. The van der Waals surface area contributed by atoms with Crippen molar-refractivity contribution >= 4 is 0 Å². The average molecular weight is 199 g/mol. The molecule has 14 heavy (non-hydrogen) atoms. The summed E-state index contributed by atoms with van der Waals surface area (Å²) in [5.41, 5.74) is -0.531. The highest BCUT2D eigenvalue weighted by Crippen LogP contribution is 2.29. The lowest BCUT2D eigenvalue weighted by molar-refractivity contribution is 0.0104. The van der Waals surface area contributed by atoms with Crippen LogP contribution in [-0.2, 0) is 0 Å². The molecule has 82 valence electrons. The predicted molar refractivity (Wildman–Crippen MR) is 55.1 cm³/mol. The largest absolute Gasteiger partial charge is 0.391 e. The molecule has 2 aliphatic rings. The van der Waals surface area contributed by atoms with E-state index in [1.54, 1.807) is 0 Å². The fraction of sp³-hybridized carbons (Fsp3) is 1.00. The van der Waals surface area contributed by atoms with Gasteiger partial charge < -0.3 is 10.2 Å². The molecule has 0 spiro atoms. The topological polar surface area (TPSA) is 43.7 Å². The summed E-state index contributed by atoms with van der Waals surface area (Å²) in [5, 5.41) is 19.7. The van der Waals surface area contributed by atoms with Gasteiger partial charge in [0.1, 0.15) is 0 Å². The van der Waals surface area contributed by atoms with Crippen LogP contribution in [0.5, 0.6) is 0 Å². The molecule has 1 saturated heterocycles. The van der Waals surface area contributed by atoms with E-state index in [9.17, 15) is 10.2 Å². The summed E-state index contributed by atoms with van der Waals surface area (Å²) in [6, 6.07) is 0.303. The highest BCUT2D eigenvalue weighted by Gasteiger charge is 2.38. The smallest absolute Gasteiger partial charge is 0.0758 e. The Hall–Kier alpha value is -0.120. The van der Waals surface area contributed by atoms with Gasteiger partial charge in [-0.1, -0.05) is 12.8 Å². The normalized spacial score (nSPS) is 45.6. The number of hydrogen-bond acceptors (Lipinski definition) is 3. The van der Waals surface area contributed by atoms with E-state index < -0.39 is 5.60 Å². The predicted octanol–water partition coefficient (Wildman–Crippen LogP) is 0.747. The quantitative estimate of drug-likeness (QED) is 0.655. The Labute approximate surface area is 85.7 Å². The molecule has 1 aliphatic heterocycles. The number of nitrogens with zero attached hydrogens (tertiary/aromatic N) is 1. The molecular formula is C11H21NO2. The number of aliphatic hydroxyl groups is 2. The summed E-state index contributed by atoms with van der Waals surface area (Å²) >= 11 is 0. The zero-order valence-electron chi connectivity index (χ0n) is 8.95. The molecule has 1 unspecified atom stereocenters. The molecule has 3 nitrogen and oxygen atoms in total. The van der Waals surface area contributed by atoms with Gasteiger partial charge in [-0.3, -0.25) is 4.90 Å². The first-order valence-corrected chi connectivity index (χ1v) is 5.73. The molecule has 0 aromatic carbocycles. The fourth-order valence-electron chi connectivity index (χ4n) is 2.78. The zero-order valence-corrected chi connectivity index (χ0v) is 8.95. The van der Waals surface area contributed by atoms with Crippen molar-refractivity contribution in [1.82, 2.24) is 4.90 Å². The van der Waals surface area contributed by atoms with Crippen molar-refractivity contribution in [2.24, 2.45) is 0 Å².